The minimum absolute atomic E-state index is 0.0877. The van der Waals surface area contributed by atoms with E-state index in [-0.39, 0.29) is 5.56 Å². The lowest BCUT2D eigenvalue weighted by Crippen LogP contribution is -2.39. The van der Waals surface area contributed by atoms with E-state index < -0.39 is 0 Å². The van der Waals surface area contributed by atoms with Crippen molar-refractivity contribution in [2.75, 3.05) is 13.7 Å². The number of nitrogens with one attached hydrogen (secondary N) is 1. The summed E-state index contributed by atoms with van der Waals surface area (Å²) in [5.74, 6) is 1.10. The number of hydrogen-bond acceptors (Lipinski definition) is 7. The Morgan fingerprint density at radius 2 is 2.10 bits per heavy atom. The summed E-state index contributed by atoms with van der Waals surface area (Å²) < 4.78 is 8.84. The number of methoxy groups -OCH3 is 1. The number of rotatable bonds is 3. The van der Waals surface area contributed by atoms with Gasteiger partial charge in [-0.3, -0.25) is 9.20 Å². The SMILES string of the molecule is COc1cc(-c2cc(=O)n3cc([C@@H]4CCNC5(CC5)C4)sc3n2)nn2cc(C)nc12. The van der Waals surface area contributed by atoms with Gasteiger partial charge in [-0.05, 0) is 45.1 Å². The first-order valence-corrected chi connectivity index (χ1v) is 11.0. The van der Waals surface area contributed by atoms with Crippen molar-refractivity contribution in [2.45, 2.75) is 44.1 Å². The molecule has 2 fully saturated rings. The van der Waals surface area contributed by atoms with E-state index in [1.54, 1.807) is 39.5 Å². The molecule has 8 nitrogen and oxygen atoms in total. The van der Waals surface area contributed by atoms with Gasteiger partial charge in [0.15, 0.2) is 16.4 Å². The second kappa shape index (κ2) is 6.36. The van der Waals surface area contributed by atoms with Gasteiger partial charge in [0.05, 0.1) is 24.7 Å². The molecule has 1 saturated carbocycles. The van der Waals surface area contributed by atoms with Crippen LogP contribution in [0.4, 0.5) is 0 Å². The zero-order valence-electron chi connectivity index (χ0n) is 16.9. The fraction of sp³-hybridized carbons (Fsp3) is 0.429. The maximum atomic E-state index is 12.9. The van der Waals surface area contributed by atoms with Crippen LogP contribution in [-0.4, -0.2) is 43.2 Å². The molecule has 6 rings (SSSR count). The van der Waals surface area contributed by atoms with E-state index >= 15 is 0 Å². The molecule has 0 bridgehead atoms. The highest BCUT2D eigenvalue weighted by molar-refractivity contribution is 7.17. The molecule has 4 aromatic rings. The number of aryl methyl sites for hydroxylation is 1. The number of aromatic nitrogens is 5. The highest BCUT2D eigenvalue weighted by Gasteiger charge is 2.46. The summed E-state index contributed by atoms with van der Waals surface area (Å²) in [4.78, 5) is 24.0. The van der Waals surface area contributed by atoms with Gasteiger partial charge in [0.1, 0.15) is 5.69 Å². The number of piperidine rings is 1. The summed E-state index contributed by atoms with van der Waals surface area (Å²) in [7, 11) is 1.60. The van der Waals surface area contributed by atoms with Crippen molar-refractivity contribution in [3.8, 4) is 17.1 Å². The molecule has 0 unspecified atom stereocenters. The lowest BCUT2D eigenvalue weighted by atomic mass is 9.90. The van der Waals surface area contributed by atoms with Gasteiger partial charge >= 0.3 is 0 Å². The normalized spacial score (nSPS) is 20.3. The molecular weight excluding hydrogens is 400 g/mol. The number of thiazole rings is 1. The lowest BCUT2D eigenvalue weighted by molar-refractivity contribution is 0.348. The van der Waals surface area contributed by atoms with Crippen LogP contribution < -0.4 is 15.6 Å². The van der Waals surface area contributed by atoms with E-state index in [1.807, 2.05) is 19.3 Å². The Balaban J connectivity index is 1.44. The first-order valence-electron chi connectivity index (χ1n) is 10.2. The third-order valence-electron chi connectivity index (χ3n) is 6.27. The lowest BCUT2D eigenvalue weighted by Gasteiger charge is -2.29. The molecule has 1 spiro atoms. The first-order chi connectivity index (χ1) is 14.5. The minimum atomic E-state index is -0.0877. The highest BCUT2D eigenvalue weighted by atomic mass is 32.1. The van der Waals surface area contributed by atoms with E-state index in [0.29, 0.717) is 39.2 Å². The fourth-order valence-electron chi connectivity index (χ4n) is 4.51. The van der Waals surface area contributed by atoms with Crippen molar-refractivity contribution in [1.82, 2.24) is 29.3 Å². The molecule has 9 heteroatoms. The molecule has 0 radical (unpaired) electrons. The third-order valence-corrected chi connectivity index (χ3v) is 7.41. The molecule has 1 saturated heterocycles. The summed E-state index contributed by atoms with van der Waals surface area (Å²) in [5, 5.41) is 8.27. The van der Waals surface area contributed by atoms with Gasteiger partial charge in [-0.2, -0.15) is 5.10 Å². The quantitative estimate of drug-likeness (QED) is 0.546. The van der Waals surface area contributed by atoms with Crippen LogP contribution >= 0.6 is 11.3 Å². The van der Waals surface area contributed by atoms with Crippen LogP contribution in [0.5, 0.6) is 5.75 Å². The van der Waals surface area contributed by atoms with Crippen molar-refractivity contribution in [3.05, 3.63) is 45.5 Å². The maximum Gasteiger partial charge on any atom is 0.259 e. The van der Waals surface area contributed by atoms with Crippen LogP contribution in [0.3, 0.4) is 0 Å². The highest BCUT2D eigenvalue weighted by Crippen LogP contribution is 2.47. The monoisotopic (exact) mass is 422 g/mol. The molecule has 0 amide bonds. The second-order valence-electron chi connectivity index (χ2n) is 8.41. The zero-order valence-corrected chi connectivity index (χ0v) is 17.7. The molecular formula is C21H22N6O2S. The standard InChI is InChI=1S/C21H22N6O2S/c1-12-10-27-19(23-12)16(29-2)7-15(25-27)14-8-18(28)26-11-17(30-20(26)24-14)13-3-6-22-21(9-13)4-5-21/h7-8,10-11,13,22H,3-6,9H2,1-2H3/t13-/m1/s1. The van der Waals surface area contributed by atoms with Crippen LogP contribution in [0.25, 0.3) is 22.0 Å². The van der Waals surface area contributed by atoms with Crippen molar-refractivity contribution in [1.29, 1.82) is 0 Å². The van der Waals surface area contributed by atoms with Gasteiger partial charge in [0, 0.05) is 28.7 Å². The van der Waals surface area contributed by atoms with Gasteiger partial charge in [0.25, 0.3) is 5.56 Å². The van der Waals surface area contributed by atoms with Crippen LogP contribution in [0.1, 0.15) is 42.2 Å². The molecule has 1 aliphatic carbocycles. The number of ether oxygens (including phenoxy) is 1. The summed E-state index contributed by atoms with van der Waals surface area (Å²) in [6, 6.07) is 3.34. The molecule has 1 atom stereocenters. The Morgan fingerprint density at radius 1 is 1.23 bits per heavy atom. The molecule has 1 N–H and O–H groups in total. The number of fused-ring (bicyclic) bond motifs is 2. The first kappa shape index (κ1) is 18.0. The van der Waals surface area contributed by atoms with E-state index in [4.69, 9.17) is 9.72 Å². The molecule has 2 aliphatic rings. The van der Waals surface area contributed by atoms with Gasteiger partial charge in [-0.15, -0.1) is 11.3 Å². The van der Waals surface area contributed by atoms with Crippen molar-refractivity contribution in [3.63, 3.8) is 0 Å². The predicted octanol–water partition coefficient (Wildman–Crippen LogP) is 2.78. The summed E-state index contributed by atoms with van der Waals surface area (Å²) in [6.45, 7) is 2.95. The number of imidazole rings is 1. The molecule has 1 aliphatic heterocycles. The van der Waals surface area contributed by atoms with Gasteiger partial charge in [-0.25, -0.2) is 14.5 Å². The van der Waals surface area contributed by atoms with Crippen molar-refractivity contribution < 1.29 is 4.74 Å². The summed E-state index contributed by atoms with van der Waals surface area (Å²) in [5.41, 5.74) is 2.89. The average Bonchev–Trinajstić information content (AvgIpc) is 3.16. The number of nitrogens with zero attached hydrogens (tertiary/aromatic N) is 5. The molecule has 30 heavy (non-hydrogen) atoms. The number of hydrogen-bond donors (Lipinski definition) is 1. The van der Waals surface area contributed by atoms with Gasteiger partial charge in [0.2, 0.25) is 0 Å². The minimum Gasteiger partial charge on any atom is -0.493 e. The second-order valence-corrected chi connectivity index (χ2v) is 9.45. The predicted molar refractivity (Wildman–Crippen MR) is 115 cm³/mol. The van der Waals surface area contributed by atoms with Gasteiger partial charge in [-0.1, -0.05) is 0 Å². The average molecular weight is 423 g/mol. The molecule has 0 aromatic carbocycles. The zero-order chi connectivity index (χ0) is 20.5. The summed E-state index contributed by atoms with van der Waals surface area (Å²) >= 11 is 1.62. The molecule has 154 valence electrons. The topological polar surface area (TPSA) is 85.8 Å². The van der Waals surface area contributed by atoms with Crippen molar-refractivity contribution >= 4 is 21.9 Å². The van der Waals surface area contributed by atoms with E-state index in [0.717, 1.165) is 25.1 Å². The Kier molecular flexibility index (Phi) is 3.82. The molecule has 5 heterocycles. The summed E-state index contributed by atoms with van der Waals surface area (Å²) in [6.07, 6.45) is 8.60. The van der Waals surface area contributed by atoms with Gasteiger partial charge < -0.3 is 10.1 Å². The molecule has 4 aromatic heterocycles. The Labute approximate surface area is 176 Å². The largest absolute Gasteiger partial charge is 0.493 e. The van der Waals surface area contributed by atoms with Crippen LogP contribution in [0.2, 0.25) is 0 Å². The van der Waals surface area contributed by atoms with Crippen molar-refractivity contribution in [2.24, 2.45) is 0 Å². The van der Waals surface area contributed by atoms with Crippen LogP contribution in [-0.2, 0) is 0 Å². The fourth-order valence-corrected chi connectivity index (χ4v) is 5.63. The third kappa shape index (κ3) is 2.84. The Bertz CT molecular complexity index is 1350. The van der Waals surface area contributed by atoms with Crippen LogP contribution in [0.15, 0.2) is 29.3 Å². The van der Waals surface area contributed by atoms with E-state index in [9.17, 15) is 4.79 Å². The van der Waals surface area contributed by atoms with E-state index in [2.05, 4.69) is 15.4 Å². The Hall–Kier alpha value is -2.78. The van der Waals surface area contributed by atoms with E-state index in [1.165, 1.54) is 17.7 Å². The van der Waals surface area contributed by atoms with Crippen LogP contribution in [0, 0.1) is 6.92 Å². The maximum absolute atomic E-state index is 12.9. The smallest absolute Gasteiger partial charge is 0.259 e. The Morgan fingerprint density at radius 3 is 2.90 bits per heavy atom.